The van der Waals surface area contributed by atoms with Crippen molar-refractivity contribution in [1.29, 1.82) is 0 Å². The van der Waals surface area contributed by atoms with E-state index in [1.807, 2.05) is 30.3 Å². The number of rotatable bonds is 10. The van der Waals surface area contributed by atoms with Crippen LogP contribution in [0.5, 0.6) is 0 Å². The van der Waals surface area contributed by atoms with E-state index in [4.69, 9.17) is 18.9 Å². The Kier molecular flexibility index (Phi) is 8.29. The van der Waals surface area contributed by atoms with Crippen molar-refractivity contribution in [2.75, 3.05) is 6.61 Å². The lowest BCUT2D eigenvalue weighted by Crippen LogP contribution is -2.37. The Morgan fingerprint density at radius 1 is 0.721 bits per heavy atom. The molecule has 1 saturated heterocycles. The zero-order chi connectivity index (χ0) is 29.8. The van der Waals surface area contributed by atoms with Crippen LogP contribution in [0, 0.1) is 11.8 Å². The summed E-state index contributed by atoms with van der Waals surface area (Å²) in [5.41, 5.74) is 0.238. The molecule has 0 aromatic heterocycles. The second-order valence-corrected chi connectivity index (χ2v) is 11.4. The van der Waals surface area contributed by atoms with Gasteiger partial charge in [0, 0.05) is 4.90 Å². The number of carbonyl (C=O) groups excluding carboxylic acids is 3. The first-order valence-electron chi connectivity index (χ1n) is 13.8. The normalized spacial score (nSPS) is 24.3. The standard InChI is InChI=1S/C34H28O8S/c35-30(22-13-5-1-6-14-22)39-21-26(40-31(36)23-15-7-2-8-16-23)27-28-29(41-32(37)24-17-9-3-10-18-24)33(42-34(27,28)38)43-25-19-11-4-12-20-25/h1-20,26-29,33,38H,21H2/t26-,27+,28?,29?,33+,34?/m1/s1. The molecule has 0 spiro atoms. The Balaban J connectivity index is 1.26. The number of fused-ring (bicyclic) bond motifs is 1. The minimum atomic E-state index is -1.78. The lowest BCUT2D eigenvalue weighted by Gasteiger charge is -2.27. The van der Waals surface area contributed by atoms with Crippen LogP contribution in [-0.2, 0) is 18.9 Å². The van der Waals surface area contributed by atoms with Crippen LogP contribution in [0.1, 0.15) is 31.1 Å². The SMILES string of the molecule is O=C(OC[C@@H](OC(=O)c1ccccc1)[C@H]1C2C(OC(=O)c3ccccc3)[C@H](Sc3ccccc3)OC21O)c1ccccc1. The molecule has 3 unspecified atom stereocenters. The van der Waals surface area contributed by atoms with E-state index in [1.54, 1.807) is 91.0 Å². The Morgan fingerprint density at radius 3 is 1.77 bits per heavy atom. The number of benzene rings is 4. The summed E-state index contributed by atoms with van der Waals surface area (Å²) in [4.78, 5) is 39.9. The van der Waals surface area contributed by atoms with E-state index < -0.39 is 53.2 Å². The van der Waals surface area contributed by atoms with Crippen LogP contribution in [0.25, 0.3) is 0 Å². The molecule has 9 heteroatoms. The first-order chi connectivity index (χ1) is 20.9. The fourth-order valence-electron chi connectivity index (χ4n) is 5.34. The molecule has 4 aromatic rings. The number of esters is 3. The summed E-state index contributed by atoms with van der Waals surface area (Å²) in [6.07, 6.45) is -1.98. The van der Waals surface area contributed by atoms with Gasteiger partial charge in [0.25, 0.3) is 0 Å². The minimum absolute atomic E-state index is 0.296. The number of hydrogen-bond donors (Lipinski definition) is 1. The third kappa shape index (κ3) is 6.19. The number of ether oxygens (including phenoxy) is 4. The molecule has 1 saturated carbocycles. The highest BCUT2D eigenvalue weighted by molar-refractivity contribution is 7.99. The van der Waals surface area contributed by atoms with Crippen LogP contribution >= 0.6 is 11.8 Å². The summed E-state index contributed by atoms with van der Waals surface area (Å²) < 4.78 is 23.5. The van der Waals surface area contributed by atoms with Gasteiger partial charge in [-0.15, -0.1) is 0 Å². The molecule has 4 aromatic carbocycles. The molecule has 1 aliphatic carbocycles. The minimum Gasteiger partial charge on any atom is -0.458 e. The van der Waals surface area contributed by atoms with Gasteiger partial charge in [0.2, 0.25) is 0 Å². The van der Waals surface area contributed by atoms with Gasteiger partial charge in [-0.05, 0) is 48.5 Å². The van der Waals surface area contributed by atoms with Crippen molar-refractivity contribution in [2.24, 2.45) is 11.8 Å². The second-order valence-electron chi connectivity index (χ2n) is 10.2. The fourth-order valence-corrected chi connectivity index (χ4v) is 6.49. The predicted molar refractivity (Wildman–Crippen MR) is 157 cm³/mol. The molecule has 6 atom stereocenters. The van der Waals surface area contributed by atoms with Crippen molar-refractivity contribution < 1.29 is 38.4 Å². The van der Waals surface area contributed by atoms with Crippen molar-refractivity contribution >= 4 is 29.7 Å². The molecule has 218 valence electrons. The van der Waals surface area contributed by atoms with Crippen molar-refractivity contribution in [3.8, 4) is 0 Å². The monoisotopic (exact) mass is 596 g/mol. The van der Waals surface area contributed by atoms with Crippen LogP contribution in [0.15, 0.2) is 126 Å². The van der Waals surface area contributed by atoms with Crippen molar-refractivity contribution in [3.63, 3.8) is 0 Å². The lowest BCUT2D eigenvalue weighted by molar-refractivity contribution is -0.148. The first-order valence-corrected chi connectivity index (χ1v) is 14.7. The van der Waals surface area contributed by atoms with Gasteiger partial charge in [-0.3, -0.25) is 0 Å². The van der Waals surface area contributed by atoms with Gasteiger partial charge in [0.15, 0.2) is 5.79 Å². The largest absolute Gasteiger partial charge is 0.458 e. The van der Waals surface area contributed by atoms with Crippen LogP contribution in [0.2, 0.25) is 0 Å². The van der Waals surface area contributed by atoms with E-state index in [-0.39, 0.29) is 6.61 Å². The molecule has 6 rings (SSSR count). The average Bonchev–Trinajstić information content (AvgIpc) is 3.55. The van der Waals surface area contributed by atoms with Crippen molar-refractivity contribution in [1.82, 2.24) is 0 Å². The molecule has 2 aliphatic rings. The predicted octanol–water partition coefficient (Wildman–Crippen LogP) is 5.38. The average molecular weight is 597 g/mol. The quantitative estimate of drug-likeness (QED) is 0.191. The molecule has 0 bridgehead atoms. The van der Waals surface area contributed by atoms with E-state index in [2.05, 4.69) is 0 Å². The summed E-state index contributed by atoms with van der Waals surface area (Å²) in [6.45, 7) is -0.338. The fraction of sp³-hybridized carbons (Fsp3) is 0.206. The van der Waals surface area contributed by atoms with Gasteiger partial charge in [-0.25, -0.2) is 14.4 Å². The van der Waals surface area contributed by atoms with Gasteiger partial charge in [-0.1, -0.05) is 84.6 Å². The topological polar surface area (TPSA) is 108 Å². The molecule has 1 heterocycles. The first kappa shape index (κ1) is 28.7. The lowest BCUT2D eigenvalue weighted by atomic mass is 10.1. The van der Waals surface area contributed by atoms with E-state index in [9.17, 15) is 19.5 Å². The molecule has 1 aliphatic heterocycles. The maximum Gasteiger partial charge on any atom is 0.338 e. The smallest absolute Gasteiger partial charge is 0.338 e. The van der Waals surface area contributed by atoms with Crippen molar-refractivity contribution in [3.05, 3.63) is 138 Å². The molecular weight excluding hydrogens is 568 g/mol. The Bertz CT molecular complexity index is 1570. The van der Waals surface area contributed by atoms with E-state index in [0.29, 0.717) is 16.7 Å². The van der Waals surface area contributed by atoms with E-state index in [1.165, 1.54) is 11.8 Å². The number of thioether (sulfide) groups is 1. The summed E-state index contributed by atoms with van der Waals surface area (Å²) in [6, 6.07) is 34.8. The Labute approximate surface area is 252 Å². The zero-order valence-electron chi connectivity index (χ0n) is 22.9. The Morgan fingerprint density at radius 2 is 1.21 bits per heavy atom. The van der Waals surface area contributed by atoms with Crippen LogP contribution < -0.4 is 0 Å². The maximum atomic E-state index is 13.2. The van der Waals surface area contributed by atoms with E-state index >= 15 is 0 Å². The highest BCUT2D eigenvalue weighted by Crippen LogP contribution is 2.64. The molecule has 8 nitrogen and oxygen atoms in total. The third-order valence-electron chi connectivity index (χ3n) is 7.46. The van der Waals surface area contributed by atoms with Gasteiger partial charge >= 0.3 is 17.9 Å². The molecular formula is C34H28O8S. The van der Waals surface area contributed by atoms with Crippen LogP contribution in [0.4, 0.5) is 0 Å². The van der Waals surface area contributed by atoms with Gasteiger partial charge in [0.05, 0.1) is 28.5 Å². The summed E-state index contributed by atoms with van der Waals surface area (Å²) in [5, 5.41) is 11.7. The van der Waals surface area contributed by atoms with E-state index in [0.717, 1.165) is 4.90 Å². The number of carbonyl (C=O) groups is 3. The molecule has 0 amide bonds. The summed E-state index contributed by atoms with van der Waals surface area (Å²) in [5.74, 6) is -5.19. The van der Waals surface area contributed by atoms with Gasteiger partial charge < -0.3 is 24.1 Å². The van der Waals surface area contributed by atoms with Crippen LogP contribution in [-0.4, -0.2) is 53.1 Å². The highest BCUT2D eigenvalue weighted by atomic mass is 32.2. The third-order valence-corrected chi connectivity index (χ3v) is 8.61. The maximum absolute atomic E-state index is 13.2. The zero-order valence-corrected chi connectivity index (χ0v) is 23.7. The summed E-state index contributed by atoms with van der Waals surface area (Å²) in [7, 11) is 0. The number of aliphatic hydroxyl groups is 1. The van der Waals surface area contributed by atoms with Gasteiger partial charge in [0.1, 0.15) is 24.3 Å². The second kappa shape index (κ2) is 12.4. The molecule has 43 heavy (non-hydrogen) atoms. The van der Waals surface area contributed by atoms with Gasteiger partial charge in [-0.2, -0.15) is 0 Å². The highest BCUT2D eigenvalue weighted by Gasteiger charge is 2.79. The molecule has 2 fully saturated rings. The Hall–Kier alpha value is -4.44. The van der Waals surface area contributed by atoms with Crippen molar-refractivity contribution in [2.45, 2.75) is 28.3 Å². The number of hydrogen-bond acceptors (Lipinski definition) is 9. The molecule has 0 radical (unpaired) electrons. The van der Waals surface area contributed by atoms with Crippen LogP contribution in [0.3, 0.4) is 0 Å². The summed E-state index contributed by atoms with van der Waals surface area (Å²) >= 11 is 1.32. The molecule has 1 N–H and O–H groups in total.